The molecule has 0 rings (SSSR count). The fraction of sp³-hybridized carbons (Fsp3) is 0.571. The van der Waals surface area contributed by atoms with Crippen LogP contribution >= 0.6 is 0 Å². The highest BCUT2D eigenvalue weighted by molar-refractivity contribution is 5.81. The average molecular weight is 143 g/mol. The second kappa shape index (κ2) is 6.29. The first kappa shape index (κ1) is 9.17. The summed E-state index contributed by atoms with van der Waals surface area (Å²) < 4.78 is 0. The van der Waals surface area contributed by atoms with Gasteiger partial charge in [0.1, 0.15) is 0 Å². The van der Waals surface area contributed by atoms with Crippen LogP contribution in [0.25, 0.3) is 0 Å². The smallest absolute Gasteiger partial charge is 0.349 e. The van der Waals surface area contributed by atoms with Crippen molar-refractivity contribution < 1.29 is 9.63 Å². The van der Waals surface area contributed by atoms with E-state index in [1.165, 1.54) is 6.08 Å². The van der Waals surface area contributed by atoms with Gasteiger partial charge in [-0.05, 0) is 6.42 Å². The first-order chi connectivity index (χ1) is 4.81. The predicted octanol–water partition coefficient (Wildman–Crippen LogP) is 1.02. The molecular weight excluding hydrogens is 130 g/mol. The normalized spacial score (nSPS) is 10.2. The lowest BCUT2D eigenvalue weighted by molar-refractivity contribution is -0.143. The predicted molar refractivity (Wildman–Crippen MR) is 39.2 cm³/mol. The van der Waals surface area contributed by atoms with Gasteiger partial charge >= 0.3 is 5.97 Å². The highest BCUT2D eigenvalue weighted by atomic mass is 16.7. The van der Waals surface area contributed by atoms with E-state index in [0.717, 1.165) is 12.8 Å². The van der Waals surface area contributed by atoms with E-state index in [1.54, 1.807) is 13.1 Å². The number of hydrogen-bond donors (Lipinski definition) is 1. The standard InChI is InChI=1S/C7H13NO2/c1-3-4-5-6-7(9)10-8-2/h5-6,8H,3-4H2,1-2H3. The number of carbonyl (C=O) groups is 1. The van der Waals surface area contributed by atoms with Crippen molar-refractivity contribution in [2.45, 2.75) is 19.8 Å². The highest BCUT2D eigenvalue weighted by Gasteiger charge is 1.90. The second-order valence-electron chi connectivity index (χ2n) is 1.82. The quantitative estimate of drug-likeness (QED) is 0.471. The Labute approximate surface area is 61.0 Å². The van der Waals surface area contributed by atoms with Crippen molar-refractivity contribution in [3.05, 3.63) is 12.2 Å². The molecular formula is C7H13NO2. The molecule has 0 aliphatic rings. The van der Waals surface area contributed by atoms with Crippen molar-refractivity contribution in [3.63, 3.8) is 0 Å². The largest absolute Gasteiger partial charge is 0.367 e. The van der Waals surface area contributed by atoms with Gasteiger partial charge in [-0.2, -0.15) is 5.48 Å². The van der Waals surface area contributed by atoms with Crippen LogP contribution in [0.5, 0.6) is 0 Å². The maximum absolute atomic E-state index is 10.5. The van der Waals surface area contributed by atoms with Crippen LogP contribution < -0.4 is 5.48 Å². The van der Waals surface area contributed by atoms with Crippen molar-refractivity contribution >= 4 is 5.97 Å². The Morgan fingerprint density at radius 3 is 2.90 bits per heavy atom. The van der Waals surface area contributed by atoms with Gasteiger partial charge in [-0.3, -0.25) is 0 Å². The molecule has 0 aromatic carbocycles. The minimum Gasteiger partial charge on any atom is -0.367 e. The Kier molecular flexibility index (Phi) is 5.77. The van der Waals surface area contributed by atoms with E-state index >= 15 is 0 Å². The lowest BCUT2D eigenvalue weighted by Gasteiger charge is -1.93. The molecule has 3 heteroatoms. The molecule has 0 aromatic heterocycles. The summed E-state index contributed by atoms with van der Waals surface area (Å²) in [4.78, 5) is 15.0. The molecule has 0 bridgehead atoms. The molecule has 0 aliphatic carbocycles. The highest BCUT2D eigenvalue weighted by Crippen LogP contribution is 1.88. The average Bonchev–Trinajstić information content (AvgIpc) is 1.89. The molecule has 3 nitrogen and oxygen atoms in total. The summed E-state index contributed by atoms with van der Waals surface area (Å²) in [6, 6.07) is 0. The Bertz CT molecular complexity index is 121. The van der Waals surface area contributed by atoms with Crippen molar-refractivity contribution in [2.75, 3.05) is 7.05 Å². The first-order valence-corrected chi connectivity index (χ1v) is 3.35. The summed E-state index contributed by atoms with van der Waals surface area (Å²) in [7, 11) is 1.55. The van der Waals surface area contributed by atoms with Crippen LogP contribution in [0.4, 0.5) is 0 Å². The van der Waals surface area contributed by atoms with Gasteiger partial charge in [-0.1, -0.05) is 19.4 Å². The van der Waals surface area contributed by atoms with Gasteiger partial charge in [-0.15, -0.1) is 0 Å². The minimum atomic E-state index is -0.351. The summed E-state index contributed by atoms with van der Waals surface area (Å²) in [5.41, 5.74) is 2.29. The lowest BCUT2D eigenvalue weighted by atomic mass is 10.3. The number of unbranched alkanes of at least 4 members (excludes halogenated alkanes) is 1. The fourth-order valence-electron chi connectivity index (χ4n) is 0.481. The summed E-state index contributed by atoms with van der Waals surface area (Å²) in [5.74, 6) is -0.351. The van der Waals surface area contributed by atoms with E-state index in [0.29, 0.717) is 0 Å². The van der Waals surface area contributed by atoms with Crippen LogP contribution in [-0.2, 0) is 9.63 Å². The number of rotatable bonds is 4. The number of carbonyl (C=O) groups excluding carboxylic acids is 1. The summed E-state index contributed by atoms with van der Waals surface area (Å²) in [6.45, 7) is 2.05. The van der Waals surface area contributed by atoms with Gasteiger partial charge < -0.3 is 4.84 Å². The van der Waals surface area contributed by atoms with E-state index in [1.807, 2.05) is 6.92 Å². The molecule has 0 unspecified atom stereocenters. The van der Waals surface area contributed by atoms with E-state index in [2.05, 4.69) is 10.3 Å². The van der Waals surface area contributed by atoms with Crippen LogP contribution in [0.2, 0.25) is 0 Å². The summed E-state index contributed by atoms with van der Waals surface area (Å²) >= 11 is 0. The fourth-order valence-corrected chi connectivity index (χ4v) is 0.481. The van der Waals surface area contributed by atoms with Gasteiger partial charge in [0.15, 0.2) is 0 Å². The maximum atomic E-state index is 10.5. The molecule has 0 saturated carbocycles. The Morgan fingerprint density at radius 1 is 1.70 bits per heavy atom. The lowest BCUT2D eigenvalue weighted by Crippen LogP contribution is -2.12. The zero-order chi connectivity index (χ0) is 7.82. The Morgan fingerprint density at radius 2 is 2.40 bits per heavy atom. The van der Waals surface area contributed by atoms with Gasteiger partial charge in [0.25, 0.3) is 0 Å². The molecule has 0 amide bonds. The molecule has 0 fully saturated rings. The maximum Gasteiger partial charge on any atom is 0.349 e. The van der Waals surface area contributed by atoms with Gasteiger partial charge in [0, 0.05) is 13.1 Å². The number of hydrogen-bond acceptors (Lipinski definition) is 3. The summed E-state index contributed by atoms with van der Waals surface area (Å²) in [6.07, 6.45) is 5.17. The van der Waals surface area contributed by atoms with Crippen LogP contribution in [0.1, 0.15) is 19.8 Å². The van der Waals surface area contributed by atoms with Crippen LogP contribution in [0.3, 0.4) is 0 Å². The van der Waals surface area contributed by atoms with Crippen molar-refractivity contribution in [2.24, 2.45) is 0 Å². The van der Waals surface area contributed by atoms with Gasteiger partial charge in [-0.25, -0.2) is 4.79 Å². The first-order valence-electron chi connectivity index (χ1n) is 3.35. The topological polar surface area (TPSA) is 38.3 Å². The molecule has 0 radical (unpaired) electrons. The Hall–Kier alpha value is -0.830. The number of nitrogens with one attached hydrogen (secondary N) is 1. The summed E-state index contributed by atoms with van der Waals surface area (Å²) in [5, 5.41) is 0. The van der Waals surface area contributed by atoms with E-state index in [4.69, 9.17) is 0 Å². The molecule has 0 atom stereocenters. The Balaban J connectivity index is 3.36. The van der Waals surface area contributed by atoms with Gasteiger partial charge in [0.05, 0.1) is 0 Å². The molecule has 0 spiro atoms. The minimum absolute atomic E-state index is 0.351. The zero-order valence-corrected chi connectivity index (χ0v) is 6.39. The number of allylic oxidation sites excluding steroid dienone is 1. The van der Waals surface area contributed by atoms with Crippen molar-refractivity contribution in [1.29, 1.82) is 0 Å². The molecule has 0 saturated heterocycles. The van der Waals surface area contributed by atoms with Crippen LogP contribution in [0, 0.1) is 0 Å². The van der Waals surface area contributed by atoms with Crippen LogP contribution in [-0.4, -0.2) is 13.0 Å². The molecule has 0 aliphatic heterocycles. The molecule has 1 N–H and O–H groups in total. The van der Waals surface area contributed by atoms with E-state index < -0.39 is 0 Å². The van der Waals surface area contributed by atoms with Crippen molar-refractivity contribution in [1.82, 2.24) is 5.48 Å². The zero-order valence-electron chi connectivity index (χ0n) is 6.39. The molecule has 0 heterocycles. The third-order valence-corrected chi connectivity index (χ3v) is 0.912. The monoisotopic (exact) mass is 143 g/mol. The third-order valence-electron chi connectivity index (χ3n) is 0.912. The molecule has 0 aromatic rings. The molecule has 58 valence electrons. The molecule has 10 heavy (non-hydrogen) atoms. The van der Waals surface area contributed by atoms with E-state index in [-0.39, 0.29) is 5.97 Å². The SMILES string of the molecule is CCCC=CC(=O)ONC. The van der Waals surface area contributed by atoms with Gasteiger partial charge in [0.2, 0.25) is 0 Å². The second-order valence-corrected chi connectivity index (χ2v) is 1.82. The number of hydroxylamine groups is 1. The van der Waals surface area contributed by atoms with Crippen LogP contribution in [0.15, 0.2) is 12.2 Å². The third kappa shape index (κ3) is 5.31. The van der Waals surface area contributed by atoms with Crippen molar-refractivity contribution in [3.8, 4) is 0 Å². The van der Waals surface area contributed by atoms with E-state index in [9.17, 15) is 4.79 Å².